The first-order valence-corrected chi connectivity index (χ1v) is 9.32. The summed E-state index contributed by atoms with van der Waals surface area (Å²) < 4.78 is 38.1. The molecule has 0 aliphatic rings. The first-order chi connectivity index (χ1) is 10.8. The second-order valence-electron chi connectivity index (χ2n) is 5.99. The average molecular weight is 336 g/mol. The van der Waals surface area contributed by atoms with Crippen LogP contribution in [0.3, 0.4) is 0 Å². The Labute approximate surface area is 136 Å². The molecule has 3 nitrogen and oxygen atoms in total. The van der Waals surface area contributed by atoms with Crippen molar-refractivity contribution in [2.75, 3.05) is 5.75 Å². The van der Waals surface area contributed by atoms with Crippen molar-refractivity contribution >= 4 is 9.84 Å². The van der Waals surface area contributed by atoms with Crippen LogP contribution in [0, 0.1) is 5.82 Å². The van der Waals surface area contributed by atoms with E-state index in [9.17, 15) is 17.9 Å². The summed E-state index contributed by atoms with van der Waals surface area (Å²) in [6.07, 6.45) is -1.36. The summed E-state index contributed by atoms with van der Waals surface area (Å²) in [4.78, 5) is 0. The van der Waals surface area contributed by atoms with Crippen molar-refractivity contribution in [2.45, 2.75) is 31.6 Å². The lowest BCUT2D eigenvalue weighted by Crippen LogP contribution is -2.17. The van der Waals surface area contributed by atoms with Crippen molar-refractivity contribution in [3.05, 3.63) is 71.0 Å². The third-order valence-corrected chi connectivity index (χ3v) is 5.31. The number of sulfone groups is 1. The molecule has 1 unspecified atom stereocenters. The zero-order valence-corrected chi connectivity index (χ0v) is 14.1. The first kappa shape index (κ1) is 17.6. The maximum Gasteiger partial charge on any atom is 0.157 e. The molecule has 0 aromatic heterocycles. The van der Waals surface area contributed by atoms with E-state index >= 15 is 0 Å². The van der Waals surface area contributed by atoms with E-state index in [1.807, 2.05) is 12.1 Å². The molecule has 2 rings (SSSR count). The first-order valence-electron chi connectivity index (χ1n) is 7.50. The molecule has 0 fully saturated rings. The van der Waals surface area contributed by atoms with E-state index in [0.29, 0.717) is 11.5 Å². The van der Waals surface area contributed by atoms with Crippen molar-refractivity contribution in [1.82, 2.24) is 0 Å². The van der Waals surface area contributed by atoms with Gasteiger partial charge in [-0.05, 0) is 23.1 Å². The Hall–Kier alpha value is -1.72. The average Bonchev–Trinajstić information content (AvgIpc) is 2.47. The second kappa shape index (κ2) is 7.23. The third kappa shape index (κ3) is 4.88. The molecule has 0 bridgehead atoms. The fourth-order valence-electron chi connectivity index (χ4n) is 2.39. The number of halogens is 1. The number of hydrogen-bond acceptors (Lipinski definition) is 3. The standard InChI is InChI=1S/C18H21FO3S/c1-13(2)15-9-7-14(8-10-15)11-23(21,22)12-18(20)16-5-3-4-6-17(16)19/h3-10,13,18,20H,11-12H2,1-2H3. The Morgan fingerprint density at radius 1 is 1.04 bits per heavy atom. The van der Waals surface area contributed by atoms with Crippen molar-refractivity contribution in [1.29, 1.82) is 0 Å². The number of rotatable bonds is 6. The third-order valence-electron chi connectivity index (χ3n) is 3.71. The highest BCUT2D eigenvalue weighted by Crippen LogP contribution is 2.21. The molecule has 0 aliphatic carbocycles. The van der Waals surface area contributed by atoms with Crippen LogP contribution in [0.5, 0.6) is 0 Å². The van der Waals surface area contributed by atoms with Crippen molar-refractivity contribution in [3.63, 3.8) is 0 Å². The summed E-state index contributed by atoms with van der Waals surface area (Å²) in [5.41, 5.74) is 1.80. The molecule has 124 valence electrons. The summed E-state index contributed by atoms with van der Waals surface area (Å²) in [6.45, 7) is 4.13. The molecule has 23 heavy (non-hydrogen) atoms. The number of aliphatic hydroxyl groups excluding tert-OH is 1. The molecule has 0 aliphatic heterocycles. The summed E-state index contributed by atoms with van der Waals surface area (Å²) in [5.74, 6) is -0.892. The van der Waals surface area contributed by atoms with Gasteiger partial charge in [0.05, 0.1) is 17.6 Å². The Kier molecular flexibility index (Phi) is 5.55. The fraction of sp³-hybridized carbons (Fsp3) is 0.333. The maximum absolute atomic E-state index is 13.6. The Morgan fingerprint density at radius 2 is 1.65 bits per heavy atom. The van der Waals surface area contributed by atoms with Crippen molar-refractivity contribution in [2.24, 2.45) is 0 Å². The van der Waals surface area contributed by atoms with Gasteiger partial charge in [0.1, 0.15) is 5.82 Å². The number of benzene rings is 2. The van der Waals surface area contributed by atoms with Gasteiger partial charge >= 0.3 is 0 Å². The van der Waals surface area contributed by atoms with Gasteiger partial charge in [0.25, 0.3) is 0 Å². The molecule has 0 heterocycles. The molecular formula is C18H21FO3S. The SMILES string of the molecule is CC(C)c1ccc(CS(=O)(=O)CC(O)c2ccccc2F)cc1. The van der Waals surface area contributed by atoms with E-state index < -0.39 is 27.5 Å². The minimum atomic E-state index is -3.55. The summed E-state index contributed by atoms with van der Waals surface area (Å²) in [5, 5.41) is 10.0. The normalized spacial score (nSPS) is 13.3. The smallest absolute Gasteiger partial charge is 0.157 e. The number of aliphatic hydroxyl groups is 1. The van der Waals surface area contributed by atoms with Crippen LogP contribution in [0.4, 0.5) is 4.39 Å². The van der Waals surface area contributed by atoms with Crippen LogP contribution in [0.25, 0.3) is 0 Å². The van der Waals surface area contributed by atoms with E-state index in [2.05, 4.69) is 13.8 Å². The molecule has 2 aromatic rings. The topological polar surface area (TPSA) is 54.4 Å². The maximum atomic E-state index is 13.6. The summed E-state index contributed by atoms with van der Waals surface area (Å²) in [6, 6.07) is 13.0. The van der Waals surface area contributed by atoms with Crippen molar-refractivity contribution < 1.29 is 17.9 Å². The minimum Gasteiger partial charge on any atom is -0.387 e. The zero-order chi connectivity index (χ0) is 17.0. The fourth-order valence-corrected chi connectivity index (χ4v) is 3.87. The Morgan fingerprint density at radius 3 is 2.22 bits per heavy atom. The molecule has 2 aromatic carbocycles. The summed E-state index contributed by atoms with van der Waals surface area (Å²) >= 11 is 0. The van der Waals surface area contributed by atoms with E-state index in [0.717, 1.165) is 5.56 Å². The van der Waals surface area contributed by atoms with Gasteiger partial charge in [0, 0.05) is 5.56 Å². The van der Waals surface area contributed by atoms with Crippen LogP contribution >= 0.6 is 0 Å². The quantitative estimate of drug-likeness (QED) is 0.877. The van der Waals surface area contributed by atoms with Crippen LogP contribution in [0.1, 0.15) is 42.6 Å². The lowest BCUT2D eigenvalue weighted by molar-refractivity contribution is 0.196. The van der Waals surface area contributed by atoms with Gasteiger partial charge in [0.15, 0.2) is 9.84 Å². The molecule has 1 N–H and O–H groups in total. The second-order valence-corrected chi connectivity index (χ2v) is 8.10. The molecule has 1 atom stereocenters. The van der Waals surface area contributed by atoms with E-state index in [1.54, 1.807) is 18.2 Å². The van der Waals surface area contributed by atoms with E-state index in [-0.39, 0.29) is 11.3 Å². The minimum absolute atomic E-state index is 0.00577. The molecule has 0 amide bonds. The van der Waals surface area contributed by atoms with Gasteiger partial charge < -0.3 is 5.11 Å². The molecule has 0 spiro atoms. The lowest BCUT2D eigenvalue weighted by Gasteiger charge is -2.13. The largest absolute Gasteiger partial charge is 0.387 e. The zero-order valence-electron chi connectivity index (χ0n) is 13.2. The van der Waals surface area contributed by atoms with Gasteiger partial charge in [-0.1, -0.05) is 56.3 Å². The predicted molar refractivity (Wildman–Crippen MR) is 89.4 cm³/mol. The highest BCUT2D eigenvalue weighted by atomic mass is 32.2. The van der Waals surface area contributed by atoms with Gasteiger partial charge in [-0.2, -0.15) is 0 Å². The van der Waals surface area contributed by atoms with Crippen molar-refractivity contribution in [3.8, 4) is 0 Å². The summed E-state index contributed by atoms with van der Waals surface area (Å²) in [7, 11) is -3.55. The number of hydrogen-bond donors (Lipinski definition) is 1. The Bertz CT molecular complexity index is 752. The van der Waals surface area contributed by atoms with Crippen LogP contribution < -0.4 is 0 Å². The van der Waals surface area contributed by atoms with Gasteiger partial charge in [-0.25, -0.2) is 12.8 Å². The lowest BCUT2D eigenvalue weighted by atomic mass is 10.0. The van der Waals surface area contributed by atoms with Crippen LogP contribution in [0.15, 0.2) is 48.5 Å². The highest BCUT2D eigenvalue weighted by molar-refractivity contribution is 7.90. The van der Waals surface area contributed by atoms with Gasteiger partial charge in [-0.3, -0.25) is 0 Å². The molecule has 0 saturated heterocycles. The van der Waals surface area contributed by atoms with Crippen LogP contribution in [-0.4, -0.2) is 19.3 Å². The predicted octanol–water partition coefficient (Wildman–Crippen LogP) is 3.60. The molecule has 0 radical (unpaired) electrons. The van der Waals surface area contributed by atoms with Gasteiger partial charge in [-0.15, -0.1) is 0 Å². The molecule has 5 heteroatoms. The van der Waals surface area contributed by atoms with E-state index in [4.69, 9.17) is 0 Å². The monoisotopic (exact) mass is 336 g/mol. The Balaban J connectivity index is 2.08. The molecular weight excluding hydrogens is 315 g/mol. The molecule has 0 saturated carbocycles. The van der Waals surface area contributed by atoms with Crippen LogP contribution in [0.2, 0.25) is 0 Å². The van der Waals surface area contributed by atoms with Gasteiger partial charge in [0.2, 0.25) is 0 Å². The highest BCUT2D eigenvalue weighted by Gasteiger charge is 2.21. The van der Waals surface area contributed by atoms with Crippen LogP contribution in [-0.2, 0) is 15.6 Å². The van der Waals surface area contributed by atoms with E-state index in [1.165, 1.54) is 18.2 Å².